The van der Waals surface area contributed by atoms with Crippen molar-refractivity contribution in [3.05, 3.63) is 48.0 Å². The maximum absolute atomic E-state index is 12.3. The molecule has 0 fully saturated rings. The van der Waals surface area contributed by atoms with Crippen LogP contribution in [-0.2, 0) is 4.74 Å². The number of benzene rings is 2. The van der Waals surface area contributed by atoms with Gasteiger partial charge in [0.05, 0.1) is 12.7 Å². The molecule has 0 bridgehead atoms. The molecular weight excluding hydrogens is 308 g/mol. The van der Waals surface area contributed by atoms with Gasteiger partial charge in [-0.2, -0.15) is 8.78 Å². The van der Waals surface area contributed by atoms with Gasteiger partial charge in [-0.05, 0) is 36.4 Å². The maximum atomic E-state index is 12.3. The van der Waals surface area contributed by atoms with Gasteiger partial charge in [0.2, 0.25) is 5.89 Å². The van der Waals surface area contributed by atoms with E-state index in [4.69, 9.17) is 4.42 Å². The van der Waals surface area contributed by atoms with Gasteiger partial charge in [0.1, 0.15) is 11.3 Å². The Balaban J connectivity index is 1.98. The molecule has 3 rings (SSSR count). The number of carbonyl (C=O) groups excluding carboxylic acids is 1. The molecule has 0 atom stereocenters. The summed E-state index contributed by atoms with van der Waals surface area (Å²) in [5.74, 6) is -0.242. The summed E-state index contributed by atoms with van der Waals surface area (Å²) in [6.45, 7) is -2.91. The van der Waals surface area contributed by atoms with Crippen molar-refractivity contribution in [3.63, 3.8) is 0 Å². The Bertz CT molecular complexity index is 860. The van der Waals surface area contributed by atoms with E-state index in [9.17, 15) is 13.6 Å². The molecule has 1 aromatic heterocycles. The molecule has 0 aliphatic heterocycles. The van der Waals surface area contributed by atoms with E-state index in [0.717, 1.165) is 0 Å². The highest BCUT2D eigenvalue weighted by atomic mass is 19.3. The van der Waals surface area contributed by atoms with Crippen LogP contribution in [0.2, 0.25) is 0 Å². The van der Waals surface area contributed by atoms with Gasteiger partial charge in [-0.25, -0.2) is 9.78 Å². The topological polar surface area (TPSA) is 61.6 Å². The van der Waals surface area contributed by atoms with Crippen molar-refractivity contribution in [2.75, 3.05) is 7.11 Å². The molecule has 0 aliphatic rings. The second-order valence-corrected chi connectivity index (χ2v) is 4.60. The Labute approximate surface area is 129 Å². The minimum absolute atomic E-state index is 0.00926. The number of aromatic nitrogens is 1. The molecule has 5 nitrogen and oxygen atoms in total. The number of hydrogen-bond donors (Lipinski definition) is 0. The number of fused-ring (bicyclic) bond motifs is 1. The molecule has 0 unspecified atom stereocenters. The first-order valence-electron chi connectivity index (χ1n) is 6.61. The van der Waals surface area contributed by atoms with Gasteiger partial charge in [-0.1, -0.05) is 6.07 Å². The number of rotatable bonds is 4. The van der Waals surface area contributed by atoms with E-state index in [1.807, 2.05) is 0 Å². The summed E-state index contributed by atoms with van der Waals surface area (Å²) in [6, 6.07) is 10.7. The number of methoxy groups -OCH3 is 1. The zero-order valence-electron chi connectivity index (χ0n) is 12.0. The molecule has 0 radical (unpaired) electrons. The molecule has 0 N–H and O–H groups in total. The standard InChI is InChI=1S/C16H11F2NO4/c1-21-15(20)10-5-6-12-13(8-10)23-14(19-12)9-3-2-4-11(7-9)22-16(17)18/h2-8,16H,1H3. The molecule has 0 aliphatic carbocycles. The minimum atomic E-state index is -2.91. The van der Waals surface area contributed by atoms with E-state index in [1.54, 1.807) is 24.3 Å². The Kier molecular flexibility index (Phi) is 3.92. The van der Waals surface area contributed by atoms with Crippen molar-refractivity contribution in [1.29, 1.82) is 0 Å². The number of carbonyl (C=O) groups is 1. The van der Waals surface area contributed by atoms with Crippen LogP contribution in [0.5, 0.6) is 5.75 Å². The van der Waals surface area contributed by atoms with E-state index in [-0.39, 0.29) is 11.6 Å². The van der Waals surface area contributed by atoms with Crippen molar-refractivity contribution in [2.24, 2.45) is 0 Å². The highest BCUT2D eigenvalue weighted by Crippen LogP contribution is 2.28. The summed E-state index contributed by atoms with van der Waals surface area (Å²) in [7, 11) is 1.28. The Hall–Kier alpha value is -2.96. The highest BCUT2D eigenvalue weighted by molar-refractivity contribution is 5.93. The lowest BCUT2D eigenvalue weighted by atomic mass is 10.2. The molecule has 3 aromatic rings. The largest absolute Gasteiger partial charge is 0.465 e. The average Bonchev–Trinajstić information content (AvgIpc) is 2.97. The number of esters is 1. The predicted octanol–water partition coefficient (Wildman–Crippen LogP) is 3.88. The first-order chi connectivity index (χ1) is 11.1. The fourth-order valence-electron chi connectivity index (χ4n) is 2.10. The highest BCUT2D eigenvalue weighted by Gasteiger charge is 2.13. The smallest absolute Gasteiger partial charge is 0.387 e. The van der Waals surface area contributed by atoms with E-state index in [1.165, 1.54) is 25.3 Å². The number of oxazole rings is 1. The van der Waals surface area contributed by atoms with Gasteiger partial charge in [0.15, 0.2) is 5.58 Å². The molecular formula is C16H11F2NO4. The van der Waals surface area contributed by atoms with Crippen molar-refractivity contribution in [1.82, 2.24) is 4.98 Å². The van der Waals surface area contributed by atoms with Gasteiger partial charge >= 0.3 is 12.6 Å². The fourth-order valence-corrected chi connectivity index (χ4v) is 2.10. The second kappa shape index (κ2) is 6.04. The molecule has 0 amide bonds. The number of halogens is 2. The first kappa shape index (κ1) is 15.0. The Morgan fingerprint density at radius 2 is 2.04 bits per heavy atom. The summed E-state index contributed by atoms with van der Waals surface area (Å²) in [6.07, 6.45) is 0. The zero-order chi connectivity index (χ0) is 16.4. The molecule has 7 heteroatoms. The quantitative estimate of drug-likeness (QED) is 0.683. The molecule has 118 valence electrons. The molecule has 0 saturated heterocycles. The van der Waals surface area contributed by atoms with Gasteiger partial charge in [0, 0.05) is 5.56 Å². The predicted molar refractivity (Wildman–Crippen MR) is 77.4 cm³/mol. The van der Waals surface area contributed by atoms with Crippen LogP contribution in [0.25, 0.3) is 22.6 Å². The van der Waals surface area contributed by atoms with E-state index < -0.39 is 12.6 Å². The number of nitrogens with zero attached hydrogens (tertiary/aromatic N) is 1. The second-order valence-electron chi connectivity index (χ2n) is 4.60. The van der Waals surface area contributed by atoms with Crippen LogP contribution in [0, 0.1) is 0 Å². The van der Waals surface area contributed by atoms with Crippen molar-refractivity contribution in [2.45, 2.75) is 6.61 Å². The van der Waals surface area contributed by atoms with Crippen molar-refractivity contribution in [3.8, 4) is 17.2 Å². The van der Waals surface area contributed by atoms with Crippen LogP contribution in [0.4, 0.5) is 8.78 Å². The van der Waals surface area contributed by atoms with Gasteiger partial charge < -0.3 is 13.9 Å². The van der Waals surface area contributed by atoms with E-state index in [2.05, 4.69) is 14.5 Å². The molecule has 0 saturated carbocycles. The SMILES string of the molecule is COC(=O)c1ccc2nc(-c3cccc(OC(F)F)c3)oc2c1. The summed E-state index contributed by atoms with van der Waals surface area (Å²) in [4.78, 5) is 15.8. The van der Waals surface area contributed by atoms with Crippen LogP contribution in [0.1, 0.15) is 10.4 Å². The van der Waals surface area contributed by atoms with Crippen LogP contribution < -0.4 is 4.74 Å². The van der Waals surface area contributed by atoms with E-state index in [0.29, 0.717) is 22.2 Å². The van der Waals surface area contributed by atoms with Crippen LogP contribution in [-0.4, -0.2) is 24.7 Å². The van der Waals surface area contributed by atoms with E-state index >= 15 is 0 Å². The summed E-state index contributed by atoms with van der Waals surface area (Å²) in [5.41, 5.74) is 1.74. The lowest BCUT2D eigenvalue weighted by Gasteiger charge is -2.04. The van der Waals surface area contributed by atoms with Gasteiger partial charge in [0.25, 0.3) is 0 Å². The van der Waals surface area contributed by atoms with Crippen LogP contribution in [0.15, 0.2) is 46.9 Å². The summed E-state index contributed by atoms with van der Waals surface area (Å²) >= 11 is 0. The van der Waals surface area contributed by atoms with Crippen molar-refractivity contribution < 1.29 is 27.5 Å². The van der Waals surface area contributed by atoms with Crippen molar-refractivity contribution >= 4 is 17.1 Å². The zero-order valence-corrected chi connectivity index (χ0v) is 12.0. The number of ether oxygens (including phenoxy) is 2. The lowest BCUT2D eigenvalue weighted by molar-refractivity contribution is -0.0498. The molecule has 23 heavy (non-hydrogen) atoms. The number of hydrogen-bond acceptors (Lipinski definition) is 5. The lowest BCUT2D eigenvalue weighted by Crippen LogP contribution is -2.01. The Morgan fingerprint density at radius 3 is 2.78 bits per heavy atom. The van der Waals surface area contributed by atoms with Crippen LogP contribution in [0.3, 0.4) is 0 Å². The summed E-state index contributed by atoms with van der Waals surface area (Å²) < 4.78 is 39.1. The third-order valence-corrected chi connectivity index (χ3v) is 3.12. The molecule has 0 spiro atoms. The monoisotopic (exact) mass is 319 g/mol. The van der Waals surface area contributed by atoms with Crippen LogP contribution >= 0.6 is 0 Å². The van der Waals surface area contributed by atoms with Gasteiger partial charge in [-0.15, -0.1) is 0 Å². The summed E-state index contributed by atoms with van der Waals surface area (Å²) in [5, 5.41) is 0. The maximum Gasteiger partial charge on any atom is 0.387 e. The minimum Gasteiger partial charge on any atom is -0.465 e. The normalized spacial score (nSPS) is 11.0. The fraction of sp³-hybridized carbons (Fsp3) is 0.125. The average molecular weight is 319 g/mol. The number of alkyl halides is 2. The Morgan fingerprint density at radius 1 is 1.22 bits per heavy atom. The first-order valence-corrected chi connectivity index (χ1v) is 6.61. The van der Waals surface area contributed by atoms with Gasteiger partial charge in [-0.3, -0.25) is 0 Å². The molecule has 2 aromatic carbocycles. The third kappa shape index (κ3) is 3.13. The molecule has 1 heterocycles. The third-order valence-electron chi connectivity index (χ3n) is 3.12.